The third-order valence-electron chi connectivity index (χ3n) is 4.86. The van der Waals surface area contributed by atoms with Crippen LogP contribution in [-0.4, -0.2) is 56.4 Å². The van der Waals surface area contributed by atoms with Crippen molar-refractivity contribution in [1.29, 1.82) is 0 Å². The van der Waals surface area contributed by atoms with E-state index in [4.69, 9.17) is 9.26 Å². The molecule has 1 aliphatic rings. The van der Waals surface area contributed by atoms with Crippen LogP contribution in [0.4, 0.5) is 29.7 Å². The Labute approximate surface area is 190 Å². The van der Waals surface area contributed by atoms with Crippen molar-refractivity contribution in [2.45, 2.75) is 38.4 Å². The molecule has 0 spiro atoms. The van der Waals surface area contributed by atoms with Crippen molar-refractivity contribution in [3.63, 3.8) is 0 Å². The van der Waals surface area contributed by atoms with Crippen LogP contribution in [0, 0.1) is 0 Å². The van der Waals surface area contributed by atoms with Crippen LogP contribution in [0.1, 0.15) is 25.8 Å². The largest absolute Gasteiger partial charge is 0.573 e. The first-order chi connectivity index (χ1) is 16.1. The predicted molar refractivity (Wildman–Crippen MR) is 110 cm³/mol. The van der Waals surface area contributed by atoms with Gasteiger partial charge in [-0.1, -0.05) is 17.3 Å². The van der Waals surface area contributed by atoms with E-state index in [1.165, 1.54) is 42.3 Å². The van der Waals surface area contributed by atoms with Crippen LogP contribution >= 0.6 is 0 Å². The SMILES string of the molecule is C[C@H](Nc1nccc(N2C(=O)OCC2[C@@H](C)O)n1)c1nc(-c2ccccc2OC(F)(F)F)no1. The highest BCUT2D eigenvalue weighted by molar-refractivity contribution is 5.89. The van der Waals surface area contributed by atoms with Gasteiger partial charge < -0.3 is 24.4 Å². The molecule has 4 rings (SSSR count). The molecule has 1 amide bonds. The van der Waals surface area contributed by atoms with Crippen molar-refractivity contribution in [1.82, 2.24) is 20.1 Å². The van der Waals surface area contributed by atoms with Gasteiger partial charge in [0.15, 0.2) is 0 Å². The quantitative estimate of drug-likeness (QED) is 0.518. The van der Waals surface area contributed by atoms with Gasteiger partial charge in [-0.2, -0.15) is 9.97 Å². The van der Waals surface area contributed by atoms with Gasteiger partial charge in [0.1, 0.15) is 30.3 Å². The Morgan fingerprint density at radius 1 is 1.24 bits per heavy atom. The second kappa shape index (κ2) is 9.13. The summed E-state index contributed by atoms with van der Waals surface area (Å²) in [7, 11) is 0. The molecule has 34 heavy (non-hydrogen) atoms. The Balaban J connectivity index is 1.52. The van der Waals surface area contributed by atoms with Crippen LogP contribution in [0.25, 0.3) is 11.4 Å². The molecule has 1 fully saturated rings. The Bertz CT molecular complexity index is 1170. The van der Waals surface area contributed by atoms with Gasteiger partial charge in [0.25, 0.3) is 0 Å². The summed E-state index contributed by atoms with van der Waals surface area (Å²) in [4.78, 5) is 25.8. The number of carbonyl (C=O) groups is 1. The summed E-state index contributed by atoms with van der Waals surface area (Å²) in [5.41, 5.74) is -0.00279. The normalized spacial score (nSPS) is 17.9. The maximum Gasteiger partial charge on any atom is 0.573 e. The average Bonchev–Trinajstić information content (AvgIpc) is 3.40. The van der Waals surface area contributed by atoms with E-state index in [-0.39, 0.29) is 35.7 Å². The number of benzene rings is 1. The molecule has 2 N–H and O–H groups in total. The van der Waals surface area contributed by atoms with Crippen molar-refractivity contribution < 1.29 is 37.1 Å². The molecular weight excluding hydrogens is 461 g/mol. The number of alkyl halides is 3. The molecule has 3 atom stereocenters. The number of nitrogens with one attached hydrogen (secondary N) is 1. The van der Waals surface area contributed by atoms with E-state index in [0.717, 1.165) is 6.07 Å². The lowest BCUT2D eigenvalue weighted by molar-refractivity contribution is -0.274. The maximum atomic E-state index is 12.7. The average molecular weight is 480 g/mol. The van der Waals surface area contributed by atoms with Gasteiger partial charge in [-0.05, 0) is 32.0 Å². The number of hydrogen-bond acceptors (Lipinski definition) is 10. The number of para-hydroxylation sites is 1. The number of halogens is 3. The standard InChI is InChI=1S/C20H19F3N6O5/c1-10(17-27-16(28-34-17)12-5-3-4-6-14(12)33-20(21,22)23)25-18-24-8-7-15(26-18)29-13(11(2)30)9-32-19(29)31/h3-8,10-11,13,30H,9H2,1-2H3,(H,24,25,26)/t10-,11+,13?/m0/s1. The number of hydrogen-bond donors (Lipinski definition) is 2. The van der Waals surface area contributed by atoms with Crippen LogP contribution in [0.2, 0.25) is 0 Å². The van der Waals surface area contributed by atoms with E-state index >= 15 is 0 Å². The molecule has 180 valence electrons. The highest BCUT2D eigenvalue weighted by Crippen LogP contribution is 2.33. The number of anilines is 2. The van der Waals surface area contributed by atoms with Gasteiger partial charge in [0.2, 0.25) is 17.7 Å². The molecule has 1 aliphatic heterocycles. The van der Waals surface area contributed by atoms with Crippen molar-refractivity contribution in [2.24, 2.45) is 0 Å². The number of nitrogens with zero attached hydrogens (tertiary/aromatic N) is 5. The smallest absolute Gasteiger partial charge is 0.447 e. The second-order valence-corrected chi connectivity index (χ2v) is 7.36. The third kappa shape index (κ3) is 5.01. The van der Waals surface area contributed by atoms with Crippen LogP contribution in [0.3, 0.4) is 0 Å². The number of amides is 1. The summed E-state index contributed by atoms with van der Waals surface area (Å²) in [5, 5.41) is 16.6. The van der Waals surface area contributed by atoms with Gasteiger partial charge in [-0.25, -0.2) is 9.78 Å². The Hall–Kier alpha value is -3.94. The third-order valence-corrected chi connectivity index (χ3v) is 4.86. The summed E-state index contributed by atoms with van der Waals surface area (Å²) in [6.45, 7) is 3.20. The molecule has 1 unspecified atom stereocenters. The minimum Gasteiger partial charge on any atom is -0.447 e. The van der Waals surface area contributed by atoms with Gasteiger partial charge in [-0.3, -0.25) is 4.90 Å². The second-order valence-electron chi connectivity index (χ2n) is 7.36. The fourth-order valence-electron chi connectivity index (χ4n) is 3.25. The molecule has 1 aromatic carbocycles. The lowest BCUT2D eigenvalue weighted by Crippen LogP contribution is -2.41. The fourth-order valence-corrected chi connectivity index (χ4v) is 3.25. The number of ether oxygens (including phenoxy) is 2. The summed E-state index contributed by atoms with van der Waals surface area (Å²) in [6, 6.07) is 5.64. The first kappa shape index (κ1) is 23.2. The van der Waals surface area contributed by atoms with E-state index in [2.05, 4.69) is 30.2 Å². The molecule has 3 heterocycles. The molecule has 0 saturated carbocycles. The Morgan fingerprint density at radius 3 is 2.74 bits per heavy atom. The molecule has 3 aromatic rings. The number of rotatable bonds is 7. The Morgan fingerprint density at radius 2 is 2.00 bits per heavy atom. The number of aliphatic hydroxyl groups excluding tert-OH is 1. The first-order valence-corrected chi connectivity index (χ1v) is 10.0. The molecule has 0 radical (unpaired) electrons. The molecule has 0 bridgehead atoms. The minimum atomic E-state index is -4.88. The van der Waals surface area contributed by atoms with E-state index in [1.807, 2.05) is 0 Å². The summed E-state index contributed by atoms with van der Waals surface area (Å²) in [5.74, 6) is -0.202. The van der Waals surface area contributed by atoms with Crippen LogP contribution in [0.15, 0.2) is 41.1 Å². The zero-order chi connectivity index (χ0) is 24.5. The zero-order valence-electron chi connectivity index (χ0n) is 17.9. The van der Waals surface area contributed by atoms with Gasteiger partial charge in [-0.15, -0.1) is 13.2 Å². The molecule has 1 saturated heterocycles. The highest BCUT2D eigenvalue weighted by Gasteiger charge is 2.38. The van der Waals surface area contributed by atoms with Crippen LogP contribution in [-0.2, 0) is 4.74 Å². The van der Waals surface area contributed by atoms with E-state index < -0.39 is 36.4 Å². The number of aromatic nitrogens is 4. The lowest BCUT2D eigenvalue weighted by atomic mass is 10.2. The van der Waals surface area contributed by atoms with Crippen molar-refractivity contribution >= 4 is 17.9 Å². The predicted octanol–water partition coefficient (Wildman–Crippen LogP) is 3.30. The number of carbonyl (C=O) groups excluding carboxylic acids is 1. The lowest BCUT2D eigenvalue weighted by Gasteiger charge is -2.22. The molecule has 0 aliphatic carbocycles. The van der Waals surface area contributed by atoms with Gasteiger partial charge in [0, 0.05) is 6.20 Å². The van der Waals surface area contributed by atoms with Gasteiger partial charge >= 0.3 is 12.5 Å². The van der Waals surface area contributed by atoms with Crippen molar-refractivity contribution in [2.75, 3.05) is 16.8 Å². The number of aliphatic hydroxyl groups is 1. The van der Waals surface area contributed by atoms with E-state index in [0.29, 0.717) is 0 Å². The topological polar surface area (TPSA) is 136 Å². The number of cyclic esters (lactones) is 1. The summed E-state index contributed by atoms with van der Waals surface area (Å²) >= 11 is 0. The minimum absolute atomic E-state index is 0.00279. The molecule has 14 heteroatoms. The monoisotopic (exact) mass is 480 g/mol. The molecular formula is C20H19F3N6O5. The van der Waals surface area contributed by atoms with E-state index in [9.17, 15) is 23.1 Å². The van der Waals surface area contributed by atoms with Crippen molar-refractivity contribution in [3.8, 4) is 17.1 Å². The summed E-state index contributed by atoms with van der Waals surface area (Å²) in [6.07, 6.45) is -4.97. The Kier molecular flexibility index (Phi) is 6.24. The van der Waals surface area contributed by atoms with Gasteiger partial charge in [0.05, 0.1) is 11.7 Å². The molecule has 11 nitrogen and oxygen atoms in total. The highest BCUT2D eigenvalue weighted by atomic mass is 19.4. The van der Waals surface area contributed by atoms with Crippen LogP contribution in [0.5, 0.6) is 5.75 Å². The zero-order valence-corrected chi connectivity index (χ0v) is 17.9. The molecule has 2 aromatic heterocycles. The summed E-state index contributed by atoms with van der Waals surface area (Å²) < 4.78 is 52.3. The maximum absolute atomic E-state index is 12.7. The van der Waals surface area contributed by atoms with Crippen LogP contribution < -0.4 is 15.0 Å². The fraction of sp³-hybridized carbons (Fsp3) is 0.350. The first-order valence-electron chi connectivity index (χ1n) is 10.0. The van der Waals surface area contributed by atoms with Crippen molar-refractivity contribution in [3.05, 3.63) is 42.4 Å². The van der Waals surface area contributed by atoms with E-state index in [1.54, 1.807) is 6.92 Å².